The van der Waals surface area contributed by atoms with Crippen LogP contribution in [0.1, 0.15) is 57.2 Å². The molecule has 2 atom stereocenters. The normalized spacial score (nSPS) is 32.1. The van der Waals surface area contributed by atoms with Gasteiger partial charge in [-0.05, 0) is 42.7 Å². The van der Waals surface area contributed by atoms with Crippen molar-refractivity contribution in [3.63, 3.8) is 0 Å². The van der Waals surface area contributed by atoms with E-state index in [9.17, 15) is 4.79 Å². The van der Waals surface area contributed by atoms with Gasteiger partial charge in [0.1, 0.15) is 4.33 Å². The van der Waals surface area contributed by atoms with Crippen molar-refractivity contribution in [1.82, 2.24) is 5.32 Å². The van der Waals surface area contributed by atoms with Gasteiger partial charge in [-0.3, -0.25) is 4.79 Å². The minimum absolute atomic E-state index is 0.0352. The molecule has 2 aliphatic carbocycles. The van der Waals surface area contributed by atoms with Crippen LogP contribution in [0.4, 0.5) is 0 Å². The van der Waals surface area contributed by atoms with Crippen molar-refractivity contribution in [3.05, 3.63) is 35.4 Å². The van der Waals surface area contributed by atoms with Crippen LogP contribution in [-0.2, 0) is 10.2 Å². The summed E-state index contributed by atoms with van der Waals surface area (Å²) in [5.41, 5.74) is 2.05. The lowest BCUT2D eigenvalue weighted by Gasteiger charge is -2.37. The number of rotatable bonds is 2. The van der Waals surface area contributed by atoms with Gasteiger partial charge in [-0.25, -0.2) is 0 Å². The molecule has 0 bridgehead atoms. The zero-order valence-electron chi connectivity index (χ0n) is 12.7. The highest BCUT2D eigenvalue weighted by molar-refractivity contribution is 6.53. The molecule has 2 nitrogen and oxygen atoms in total. The van der Waals surface area contributed by atoms with Gasteiger partial charge < -0.3 is 5.32 Å². The molecule has 2 aliphatic rings. The Bertz CT molecular complexity index is 596. The first kappa shape index (κ1) is 15.2. The number of benzene rings is 1. The van der Waals surface area contributed by atoms with E-state index in [-0.39, 0.29) is 17.4 Å². The van der Waals surface area contributed by atoms with Crippen molar-refractivity contribution >= 4 is 29.1 Å². The Morgan fingerprint density at radius 1 is 1.24 bits per heavy atom. The highest BCUT2D eigenvalue weighted by atomic mass is 35.5. The first-order valence-corrected chi connectivity index (χ1v) is 8.21. The van der Waals surface area contributed by atoms with Gasteiger partial charge in [-0.2, -0.15) is 0 Å². The Morgan fingerprint density at radius 2 is 1.86 bits per heavy atom. The maximum Gasteiger partial charge on any atom is 0.229 e. The molecule has 1 N–H and O–H groups in total. The standard InChI is InChI=1S/C17H21Cl2NO/c1-15(2)9-8-13(11-6-4-5-7-12(11)15)20-14(21)16(3)10-17(16,18)19/h4-7,13H,8-10H2,1-3H3,(H,20,21)/t13-,16+/m0/s1. The second-order valence-electron chi connectivity index (χ2n) is 7.25. The fourth-order valence-electron chi connectivity index (χ4n) is 3.33. The molecule has 1 aromatic rings. The van der Waals surface area contributed by atoms with Crippen molar-refractivity contribution in [2.75, 3.05) is 0 Å². The van der Waals surface area contributed by atoms with Crippen molar-refractivity contribution in [2.24, 2.45) is 5.41 Å². The van der Waals surface area contributed by atoms with Crippen molar-refractivity contribution in [1.29, 1.82) is 0 Å². The van der Waals surface area contributed by atoms with Crippen LogP contribution < -0.4 is 5.32 Å². The van der Waals surface area contributed by atoms with Crippen LogP contribution in [0, 0.1) is 5.41 Å². The molecular weight excluding hydrogens is 305 g/mol. The molecule has 114 valence electrons. The number of halogens is 2. The lowest BCUT2D eigenvalue weighted by Crippen LogP contribution is -2.39. The SMILES string of the molecule is CC1(C)CC[C@H](NC(=O)[C@@]2(C)CC2(Cl)Cl)c2ccccc21. The molecule has 0 saturated heterocycles. The Hall–Kier alpha value is -0.730. The third-order valence-corrected chi connectivity index (χ3v) is 6.29. The molecule has 0 aromatic heterocycles. The van der Waals surface area contributed by atoms with Crippen LogP contribution in [0.2, 0.25) is 0 Å². The number of nitrogens with one attached hydrogen (secondary N) is 1. The minimum Gasteiger partial charge on any atom is -0.349 e. The van der Waals surface area contributed by atoms with E-state index in [1.807, 2.05) is 13.0 Å². The third kappa shape index (κ3) is 2.37. The first-order chi connectivity index (χ1) is 9.67. The summed E-state index contributed by atoms with van der Waals surface area (Å²) >= 11 is 12.2. The Kier molecular flexibility index (Phi) is 3.35. The van der Waals surface area contributed by atoms with Crippen LogP contribution in [-0.4, -0.2) is 10.2 Å². The average molecular weight is 326 g/mol. The number of amides is 1. The lowest BCUT2D eigenvalue weighted by molar-refractivity contribution is -0.126. The molecule has 0 heterocycles. The van der Waals surface area contributed by atoms with Gasteiger partial charge in [-0.15, -0.1) is 23.2 Å². The molecular formula is C17H21Cl2NO. The lowest BCUT2D eigenvalue weighted by atomic mass is 9.71. The van der Waals surface area contributed by atoms with Gasteiger partial charge in [0.05, 0.1) is 11.5 Å². The molecule has 0 radical (unpaired) electrons. The summed E-state index contributed by atoms with van der Waals surface area (Å²) < 4.78 is -0.912. The van der Waals surface area contributed by atoms with E-state index in [4.69, 9.17) is 23.2 Å². The van der Waals surface area contributed by atoms with E-state index in [0.717, 1.165) is 12.8 Å². The smallest absolute Gasteiger partial charge is 0.229 e. The second-order valence-corrected chi connectivity index (χ2v) is 8.73. The maximum atomic E-state index is 12.5. The van der Waals surface area contributed by atoms with Gasteiger partial charge in [0.25, 0.3) is 0 Å². The molecule has 21 heavy (non-hydrogen) atoms. The number of hydrogen-bond acceptors (Lipinski definition) is 1. The van der Waals surface area contributed by atoms with Crippen LogP contribution in [0.5, 0.6) is 0 Å². The van der Waals surface area contributed by atoms with E-state index < -0.39 is 9.75 Å². The van der Waals surface area contributed by atoms with Crippen LogP contribution >= 0.6 is 23.2 Å². The van der Waals surface area contributed by atoms with Crippen molar-refractivity contribution in [3.8, 4) is 0 Å². The Labute approximate surface area is 136 Å². The summed E-state index contributed by atoms with van der Waals surface area (Å²) in [5, 5.41) is 3.16. The minimum atomic E-state index is -0.912. The van der Waals surface area contributed by atoms with E-state index in [1.165, 1.54) is 11.1 Å². The maximum absolute atomic E-state index is 12.5. The fourth-order valence-corrected chi connectivity index (χ4v) is 4.03. The Morgan fingerprint density at radius 3 is 2.48 bits per heavy atom. The summed E-state index contributed by atoms with van der Waals surface area (Å²) in [4.78, 5) is 12.5. The van der Waals surface area contributed by atoms with E-state index >= 15 is 0 Å². The van der Waals surface area contributed by atoms with Gasteiger partial charge in [0.2, 0.25) is 5.91 Å². The van der Waals surface area contributed by atoms with E-state index in [2.05, 4.69) is 37.4 Å². The van der Waals surface area contributed by atoms with E-state index in [0.29, 0.717) is 6.42 Å². The van der Waals surface area contributed by atoms with E-state index in [1.54, 1.807) is 0 Å². The first-order valence-electron chi connectivity index (χ1n) is 7.46. The number of hydrogen-bond donors (Lipinski definition) is 1. The molecule has 1 amide bonds. The highest BCUT2D eigenvalue weighted by Crippen LogP contribution is 2.64. The van der Waals surface area contributed by atoms with Crippen molar-refractivity contribution < 1.29 is 4.79 Å². The zero-order valence-corrected chi connectivity index (χ0v) is 14.2. The van der Waals surface area contributed by atoms with Gasteiger partial charge in [0, 0.05) is 0 Å². The topological polar surface area (TPSA) is 29.1 Å². The molecule has 4 heteroatoms. The van der Waals surface area contributed by atoms with Gasteiger partial charge in [0.15, 0.2) is 0 Å². The quantitative estimate of drug-likeness (QED) is 0.797. The fraction of sp³-hybridized carbons (Fsp3) is 0.588. The predicted molar refractivity (Wildman–Crippen MR) is 86.7 cm³/mol. The number of carbonyl (C=O) groups excluding carboxylic acids is 1. The molecule has 1 fully saturated rings. The second kappa shape index (κ2) is 4.63. The molecule has 3 rings (SSSR count). The summed E-state index contributed by atoms with van der Waals surface area (Å²) in [6.45, 7) is 6.35. The van der Waals surface area contributed by atoms with Gasteiger partial charge >= 0.3 is 0 Å². The number of fused-ring (bicyclic) bond motifs is 1. The summed E-state index contributed by atoms with van der Waals surface area (Å²) in [6, 6.07) is 8.44. The number of carbonyl (C=O) groups is 1. The molecule has 0 unspecified atom stereocenters. The zero-order chi connectivity index (χ0) is 15.5. The molecule has 0 aliphatic heterocycles. The molecule has 0 spiro atoms. The Balaban J connectivity index is 1.84. The van der Waals surface area contributed by atoms with Crippen LogP contribution in [0.25, 0.3) is 0 Å². The summed E-state index contributed by atoms with van der Waals surface area (Å²) in [7, 11) is 0. The molecule has 1 aromatic carbocycles. The number of alkyl halides is 2. The van der Waals surface area contributed by atoms with Crippen molar-refractivity contribution in [2.45, 2.75) is 55.8 Å². The monoisotopic (exact) mass is 325 g/mol. The highest BCUT2D eigenvalue weighted by Gasteiger charge is 2.68. The largest absolute Gasteiger partial charge is 0.349 e. The third-order valence-electron chi connectivity index (χ3n) is 5.19. The predicted octanol–water partition coefficient (Wildman–Crippen LogP) is 4.50. The summed E-state index contributed by atoms with van der Waals surface area (Å²) in [5.74, 6) is -0.0352. The summed E-state index contributed by atoms with van der Waals surface area (Å²) in [6.07, 6.45) is 2.52. The average Bonchev–Trinajstić information content (AvgIpc) is 2.94. The molecule has 1 saturated carbocycles. The van der Waals surface area contributed by atoms with Crippen LogP contribution in [0.3, 0.4) is 0 Å². The van der Waals surface area contributed by atoms with Gasteiger partial charge in [-0.1, -0.05) is 38.1 Å². The van der Waals surface area contributed by atoms with Crippen LogP contribution in [0.15, 0.2) is 24.3 Å².